The molecule has 6 nitrogen and oxygen atoms in total. The van der Waals surface area contributed by atoms with E-state index in [1.54, 1.807) is 6.92 Å². The molecule has 1 rings (SSSR count). The van der Waals surface area contributed by atoms with Crippen molar-refractivity contribution in [3.8, 4) is 0 Å². The standard InChI is InChI=1S/C8H14N4O2/c1-5-10-7(14-12-5)11-8(2,3)4-6(9)13/h4H2,1-3H3,(H2,9,13)(H,10,11,12). The number of rotatable bonds is 4. The van der Waals surface area contributed by atoms with E-state index >= 15 is 0 Å². The SMILES string of the molecule is Cc1noc(NC(C)(C)CC(N)=O)n1. The minimum absolute atomic E-state index is 0.203. The maximum absolute atomic E-state index is 10.7. The number of nitrogens with zero attached hydrogens (tertiary/aromatic N) is 2. The minimum atomic E-state index is -0.481. The molecule has 0 fully saturated rings. The van der Waals surface area contributed by atoms with Gasteiger partial charge in [0.15, 0.2) is 5.82 Å². The van der Waals surface area contributed by atoms with Crippen LogP contribution in [0.15, 0.2) is 4.52 Å². The number of carbonyl (C=O) groups excluding carboxylic acids is 1. The summed E-state index contributed by atoms with van der Waals surface area (Å²) in [7, 11) is 0. The molecule has 0 aliphatic carbocycles. The first-order valence-electron chi connectivity index (χ1n) is 4.26. The van der Waals surface area contributed by atoms with Crippen LogP contribution >= 0.6 is 0 Å². The quantitative estimate of drug-likeness (QED) is 0.732. The fourth-order valence-corrected chi connectivity index (χ4v) is 1.12. The van der Waals surface area contributed by atoms with Gasteiger partial charge in [-0.2, -0.15) is 4.98 Å². The summed E-state index contributed by atoms with van der Waals surface area (Å²) in [4.78, 5) is 14.7. The zero-order valence-corrected chi connectivity index (χ0v) is 8.50. The van der Waals surface area contributed by atoms with E-state index < -0.39 is 5.54 Å². The van der Waals surface area contributed by atoms with Crippen LogP contribution in [0.1, 0.15) is 26.1 Å². The van der Waals surface area contributed by atoms with Crippen molar-refractivity contribution in [3.63, 3.8) is 0 Å². The molecule has 78 valence electrons. The van der Waals surface area contributed by atoms with Crippen LogP contribution in [-0.2, 0) is 4.79 Å². The smallest absolute Gasteiger partial charge is 0.321 e. The molecule has 0 aromatic carbocycles. The highest BCUT2D eigenvalue weighted by atomic mass is 16.5. The van der Waals surface area contributed by atoms with Crippen LogP contribution < -0.4 is 11.1 Å². The number of primary amides is 1. The van der Waals surface area contributed by atoms with Gasteiger partial charge in [0.2, 0.25) is 5.91 Å². The lowest BCUT2D eigenvalue weighted by Gasteiger charge is -2.22. The van der Waals surface area contributed by atoms with Crippen molar-refractivity contribution in [1.82, 2.24) is 10.1 Å². The van der Waals surface area contributed by atoms with Crippen molar-refractivity contribution in [2.45, 2.75) is 32.7 Å². The van der Waals surface area contributed by atoms with Crippen molar-refractivity contribution >= 4 is 11.9 Å². The maximum Gasteiger partial charge on any atom is 0.321 e. The zero-order valence-electron chi connectivity index (χ0n) is 8.50. The second-order valence-corrected chi connectivity index (χ2v) is 3.80. The topological polar surface area (TPSA) is 94.0 Å². The molecule has 0 unspecified atom stereocenters. The molecular formula is C8H14N4O2. The van der Waals surface area contributed by atoms with E-state index in [-0.39, 0.29) is 12.3 Å². The summed E-state index contributed by atoms with van der Waals surface area (Å²) < 4.78 is 4.86. The van der Waals surface area contributed by atoms with Crippen LogP contribution in [0.3, 0.4) is 0 Å². The number of hydrogen-bond donors (Lipinski definition) is 2. The number of carbonyl (C=O) groups is 1. The molecule has 1 amide bonds. The third-order valence-corrected chi connectivity index (χ3v) is 1.59. The first kappa shape index (κ1) is 10.5. The fraction of sp³-hybridized carbons (Fsp3) is 0.625. The third-order valence-electron chi connectivity index (χ3n) is 1.59. The van der Waals surface area contributed by atoms with E-state index in [9.17, 15) is 4.79 Å². The Hall–Kier alpha value is -1.59. The van der Waals surface area contributed by atoms with Crippen LogP contribution in [0, 0.1) is 6.92 Å². The Bertz CT molecular complexity index is 332. The summed E-state index contributed by atoms with van der Waals surface area (Å²) >= 11 is 0. The normalized spacial score (nSPS) is 11.4. The number of aromatic nitrogens is 2. The van der Waals surface area contributed by atoms with E-state index in [2.05, 4.69) is 15.5 Å². The van der Waals surface area contributed by atoms with Crippen molar-refractivity contribution in [2.75, 3.05) is 5.32 Å². The van der Waals surface area contributed by atoms with Gasteiger partial charge >= 0.3 is 6.01 Å². The average molecular weight is 198 g/mol. The summed E-state index contributed by atoms with van der Waals surface area (Å²) in [6, 6.07) is 0.300. The minimum Gasteiger partial charge on any atom is -0.370 e. The molecule has 0 radical (unpaired) electrons. The Morgan fingerprint density at radius 3 is 2.71 bits per heavy atom. The summed E-state index contributed by atoms with van der Waals surface area (Å²) in [5.74, 6) is 0.168. The lowest BCUT2D eigenvalue weighted by atomic mass is 10.0. The molecule has 0 spiro atoms. The summed E-state index contributed by atoms with van der Waals surface area (Å²) in [6.07, 6.45) is 0.203. The van der Waals surface area contributed by atoms with Crippen LogP contribution in [-0.4, -0.2) is 21.6 Å². The Morgan fingerprint density at radius 1 is 1.64 bits per heavy atom. The summed E-state index contributed by atoms with van der Waals surface area (Å²) in [6.45, 7) is 5.38. The fourth-order valence-electron chi connectivity index (χ4n) is 1.12. The Labute approximate surface area is 81.9 Å². The second kappa shape index (κ2) is 3.65. The molecule has 0 bridgehead atoms. The number of amides is 1. The molecule has 0 atom stereocenters. The second-order valence-electron chi connectivity index (χ2n) is 3.80. The van der Waals surface area contributed by atoms with Crippen molar-refractivity contribution in [3.05, 3.63) is 5.82 Å². The molecule has 14 heavy (non-hydrogen) atoms. The van der Waals surface area contributed by atoms with E-state index in [1.807, 2.05) is 13.8 Å². The molecule has 0 aliphatic rings. The van der Waals surface area contributed by atoms with Gasteiger partial charge in [0.25, 0.3) is 0 Å². The molecule has 0 aliphatic heterocycles. The van der Waals surface area contributed by atoms with Crippen LogP contribution in [0.25, 0.3) is 0 Å². The van der Waals surface area contributed by atoms with E-state index in [0.717, 1.165) is 0 Å². The van der Waals surface area contributed by atoms with Crippen LogP contribution in [0.2, 0.25) is 0 Å². The predicted octanol–water partition coefficient (Wildman–Crippen LogP) is 0.444. The monoisotopic (exact) mass is 198 g/mol. The molecule has 1 aromatic rings. The zero-order chi connectivity index (χ0) is 10.8. The molecule has 3 N–H and O–H groups in total. The van der Waals surface area contributed by atoms with Gasteiger partial charge in [0.05, 0.1) is 0 Å². The lowest BCUT2D eigenvalue weighted by Crippen LogP contribution is -2.36. The number of anilines is 1. The lowest BCUT2D eigenvalue weighted by molar-refractivity contribution is -0.118. The van der Waals surface area contributed by atoms with Crippen molar-refractivity contribution in [1.29, 1.82) is 0 Å². The largest absolute Gasteiger partial charge is 0.370 e. The van der Waals surface area contributed by atoms with Gasteiger partial charge in [-0.15, -0.1) is 0 Å². The third kappa shape index (κ3) is 3.04. The molecule has 6 heteroatoms. The summed E-state index contributed by atoms with van der Waals surface area (Å²) in [5.41, 5.74) is 4.61. The highest BCUT2D eigenvalue weighted by molar-refractivity contribution is 5.75. The Balaban J connectivity index is 2.63. The van der Waals surface area contributed by atoms with E-state index in [4.69, 9.17) is 10.3 Å². The van der Waals surface area contributed by atoms with Gasteiger partial charge in [-0.1, -0.05) is 5.16 Å². The number of nitrogens with two attached hydrogens (primary N) is 1. The highest BCUT2D eigenvalue weighted by Crippen LogP contribution is 2.15. The van der Waals surface area contributed by atoms with Gasteiger partial charge in [-0.3, -0.25) is 4.79 Å². The Morgan fingerprint density at radius 2 is 2.29 bits per heavy atom. The molecule has 0 saturated carbocycles. The average Bonchev–Trinajstić information content (AvgIpc) is 2.30. The van der Waals surface area contributed by atoms with Gasteiger partial charge in [-0.05, 0) is 20.8 Å². The van der Waals surface area contributed by atoms with Crippen molar-refractivity contribution < 1.29 is 9.32 Å². The van der Waals surface area contributed by atoms with Gasteiger partial charge in [0.1, 0.15) is 0 Å². The van der Waals surface area contributed by atoms with E-state index in [0.29, 0.717) is 11.8 Å². The first-order valence-corrected chi connectivity index (χ1v) is 4.26. The predicted molar refractivity (Wildman–Crippen MR) is 50.5 cm³/mol. The summed E-state index contributed by atoms with van der Waals surface area (Å²) in [5, 5.41) is 6.54. The number of hydrogen-bond acceptors (Lipinski definition) is 5. The first-order chi connectivity index (χ1) is 6.39. The van der Waals surface area contributed by atoms with E-state index in [1.165, 1.54) is 0 Å². The van der Waals surface area contributed by atoms with Crippen LogP contribution in [0.5, 0.6) is 0 Å². The molecule has 1 aromatic heterocycles. The van der Waals surface area contributed by atoms with Crippen LogP contribution in [0.4, 0.5) is 6.01 Å². The molecule has 0 saturated heterocycles. The highest BCUT2D eigenvalue weighted by Gasteiger charge is 2.22. The van der Waals surface area contributed by atoms with Crippen molar-refractivity contribution in [2.24, 2.45) is 5.73 Å². The Kier molecular flexibility index (Phi) is 2.73. The van der Waals surface area contributed by atoms with Gasteiger partial charge in [-0.25, -0.2) is 0 Å². The maximum atomic E-state index is 10.7. The molecular weight excluding hydrogens is 184 g/mol. The van der Waals surface area contributed by atoms with Gasteiger partial charge < -0.3 is 15.6 Å². The number of aryl methyl sites for hydroxylation is 1. The molecule has 1 heterocycles. The van der Waals surface area contributed by atoms with Gasteiger partial charge in [0, 0.05) is 12.0 Å². The number of nitrogens with one attached hydrogen (secondary N) is 1.